The van der Waals surface area contributed by atoms with Gasteiger partial charge in [-0.05, 0) is 109 Å². The van der Waals surface area contributed by atoms with Crippen molar-refractivity contribution in [1.29, 1.82) is 0 Å². The predicted octanol–water partition coefficient (Wildman–Crippen LogP) is 17.8. The predicted molar refractivity (Wildman–Crippen MR) is 279 cm³/mol. The third kappa shape index (κ3) is 51.2. The molecule has 0 heterocycles. The van der Waals surface area contributed by atoms with Crippen molar-refractivity contribution >= 4 is 17.9 Å². The molecule has 0 saturated heterocycles. The molecular weight excluding hydrogens is 805 g/mol. The Labute approximate surface area is 400 Å². The Morgan fingerprint density at radius 2 is 0.615 bits per heavy atom. The van der Waals surface area contributed by atoms with Crippen molar-refractivity contribution in [2.45, 2.75) is 245 Å². The van der Waals surface area contributed by atoms with Gasteiger partial charge in [-0.2, -0.15) is 0 Å². The lowest BCUT2D eigenvalue weighted by Gasteiger charge is -2.18. The van der Waals surface area contributed by atoms with E-state index in [2.05, 4.69) is 118 Å². The van der Waals surface area contributed by atoms with Crippen LogP contribution in [0.5, 0.6) is 0 Å². The number of hydrogen-bond acceptors (Lipinski definition) is 6. The van der Waals surface area contributed by atoms with Crippen LogP contribution in [0.2, 0.25) is 0 Å². The molecule has 1 atom stereocenters. The van der Waals surface area contributed by atoms with Crippen LogP contribution in [-0.2, 0) is 28.6 Å². The first-order valence-corrected chi connectivity index (χ1v) is 26.7. The quantitative estimate of drug-likeness (QED) is 0.0262. The van der Waals surface area contributed by atoms with Crippen LogP contribution in [0.1, 0.15) is 239 Å². The molecule has 0 bridgehead atoms. The Hall–Kier alpha value is -3.67. The molecule has 0 aliphatic carbocycles. The fourth-order valence-corrected chi connectivity index (χ4v) is 7.10. The van der Waals surface area contributed by atoms with Gasteiger partial charge in [0.1, 0.15) is 13.2 Å². The summed E-state index contributed by atoms with van der Waals surface area (Å²) in [7, 11) is 0. The van der Waals surface area contributed by atoms with Crippen molar-refractivity contribution in [3.05, 3.63) is 97.2 Å². The molecule has 0 aliphatic heterocycles. The van der Waals surface area contributed by atoms with E-state index in [4.69, 9.17) is 14.2 Å². The molecule has 65 heavy (non-hydrogen) atoms. The Morgan fingerprint density at radius 3 is 1.00 bits per heavy atom. The van der Waals surface area contributed by atoms with E-state index < -0.39 is 6.10 Å². The van der Waals surface area contributed by atoms with E-state index in [9.17, 15) is 14.4 Å². The van der Waals surface area contributed by atoms with Crippen LogP contribution in [0.25, 0.3) is 0 Å². The van der Waals surface area contributed by atoms with Crippen LogP contribution in [0, 0.1) is 0 Å². The highest BCUT2D eigenvalue weighted by Gasteiger charge is 2.19. The van der Waals surface area contributed by atoms with Crippen LogP contribution in [0.15, 0.2) is 97.2 Å². The summed E-state index contributed by atoms with van der Waals surface area (Å²) in [6.07, 6.45) is 69.7. The second kappa shape index (κ2) is 52.9. The normalized spacial score (nSPS) is 12.8. The highest BCUT2D eigenvalue weighted by Crippen LogP contribution is 2.14. The van der Waals surface area contributed by atoms with Crippen molar-refractivity contribution in [2.75, 3.05) is 13.2 Å². The molecule has 0 spiro atoms. The molecule has 0 aromatic rings. The minimum absolute atomic E-state index is 0.104. The number of ether oxygens (including phenoxy) is 3. The van der Waals surface area contributed by atoms with Crippen molar-refractivity contribution < 1.29 is 28.6 Å². The third-order valence-corrected chi connectivity index (χ3v) is 11.1. The number of esters is 3. The lowest BCUT2D eigenvalue weighted by molar-refractivity contribution is -0.167. The summed E-state index contributed by atoms with van der Waals surface area (Å²) in [6, 6.07) is 0. The minimum atomic E-state index is -0.809. The topological polar surface area (TPSA) is 78.9 Å². The number of hydrogen-bond donors (Lipinski definition) is 0. The summed E-state index contributed by atoms with van der Waals surface area (Å²) in [6.45, 7) is 6.35. The Kier molecular flexibility index (Phi) is 50.0. The molecule has 0 aromatic heterocycles. The van der Waals surface area contributed by atoms with Crippen LogP contribution in [-0.4, -0.2) is 37.2 Å². The van der Waals surface area contributed by atoms with Gasteiger partial charge >= 0.3 is 17.9 Å². The van der Waals surface area contributed by atoms with Gasteiger partial charge in [0.05, 0.1) is 0 Å². The monoisotopic (exact) mass is 903 g/mol. The van der Waals surface area contributed by atoms with Gasteiger partial charge in [-0.3, -0.25) is 14.4 Å². The molecule has 6 nitrogen and oxygen atoms in total. The Morgan fingerprint density at radius 1 is 0.323 bits per heavy atom. The van der Waals surface area contributed by atoms with Gasteiger partial charge in [-0.15, -0.1) is 0 Å². The summed E-state index contributed by atoms with van der Waals surface area (Å²) in [5.41, 5.74) is 0. The molecule has 0 aromatic carbocycles. The summed E-state index contributed by atoms with van der Waals surface area (Å²) >= 11 is 0. The van der Waals surface area contributed by atoms with Crippen molar-refractivity contribution in [3.63, 3.8) is 0 Å². The molecule has 1 unspecified atom stereocenters. The average molecular weight is 903 g/mol. The van der Waals surface area contributed by atoms with Crippen LogP contribution >= 0.6 is 0 Å². The summed E-state index contributed by atoms with van der Waals surface area (Å²) in [4.78, 5) is 38.0. The maximum Gasteiger partial charge on any atom is 0.306 e. The Bertz CT molecular complexity index is 1310. The zero-order valence-corrected chi connectivity index (χ0v) is 42.2. The fraction of sp³-hybridized carbons (Fsp3) is 0.678. The van der Waals surface area contributed by atoms with Crippen molar-refractivity contribution in [1.82, 2.24) is 0 Å². The van der Waals surface area contributed by atoms with E-state index in [1.807, 2.05) is 0 Å². The molecule has 370 valence electrons. The van der Waals surface area contributed by atoms with Gasteiger partial charge in [0, 0.05) is 19.3 Å². The standard InChI is InChI=1S/C59H98O6/c1-4-7-10-13-16-19-22-25-28-30-32-34-37-40-43-46-49-52-58(61)64-55-56(54-63-57(60)51-48-45-42-39-36-33-27-24-21-18-15-12-9-6-3)65-59(62)53-50-47-44-41-38-35-31-29-26-23-20-17-14-11-8-5-2/h8-9,11-12,17-18,20-21,25-26,28-29,32,34,40,43,56H,4-7,10,13-16,19,22-24,27,30-31,33,35-39,41-42,44-55H2,1-3H3/b11-8-,12-9-,20-17-,21-18-,28-25-,29-26-,34-32-,43-40-. The summed E-state index contributed by atoms with van der Waals surface area (Å²) < 4.78 is 16.8. The van der Waals surface area contributed by atoms with Crippen LogP contribution in [0.4, 0.5) is 0 Å². The molecule has 0 aliphatic rings. The summed E-state index contributed by atoms with van der Waals surface area (Å²) in [5.74, 6) is -0.981. The van der Waals surface area contributed by atoms with Crippen molar-refractivity contribution in [3.8, 4) is 0 Å². The van der Waals surface area contributed by atoms with E-state index >= 15 is 0 Å². The van der Waals surface area contributed by atoms with Gasteiger partial charge in [-0.25, -0.2) is 0 Å². The molecule has 6 heteroatoms. The van der Waals surface area contributed by atoms with Gasteiger partial charge in [0.15, 0.2) is 6.10 Å². The maximum atomic E-state index is 12.8. The first kappa shape index (κ1) is 61.3. The molecule has 0 fully saturated rings. The molecule has 0 N–H and O–H groups in total. The maximum absolute atomic E-state index is 12.8. The zero-order valence-electron chi connectivity index (χ0n) is 42.2. The highest BCUT2D eigenvalue weighted by molar-refractivity contribution is 5.71. The van der Waals surface area contributed by atoms with Gasteiger partial charge < -0.3 is 14.2 Å². The molecule has 0 saturated carbocycles. The summed E-state index contributed by atoms with van der Waals surface area (Å²) in [5, 5.41) is 0. The third-order valence-electron chi connectivity index (χ3n) is 11.1. The Balaban J connectivity index is 4.50. The van der Waals surface area contributed by atoms with Gasteiger partial charge in [0.2, 0.25) is 0 Å². The molecule has 0 amide bonds. The molecule has 0 rings (SSSR count). The number of unbranched alkanes of at least 4 members (excludes halogenated alkanes) is 20. The second-order valence-corrected chi connectivity index (χ2v) is 17.4. The lowest BCUT2D eigenvalue weighted by Crippen LogP contribution is -2.30. The SMILES string of the molecule is CC/C=C\C/C=C\C/C=C\CCCCCCCCC(=O)OC(COC(=O)CCC/C=C\C/C=C\C/C=C\CCCCCCCC)COC(=O)CCCCCCCCC/C=C\C/C=C\CC. The molecule has 0 radical (unpaired) electrons. The largest absolute Gasteiger partial charge is 0.462 e. The molecular formula is C59H98O6. The number of carbonyl (C=O) groups is 3. The first-order valence-electron chi connectivity index (χ1n) is 26.7. The highest BCUT2D eigenvalue weighted by atomic mass is 16.6. The van der Waals surface area contributed by atoms with E-state index in [0.717, 1.165) is 109 Å². The zero-order chi connectivity index (χ0) is 47.2. The smallest absolute Gasteiger partial charge is 0.306 e. The van der Waals surface area contributed by atoms with E-state index in [0.29, 0.717) is 19.3 Å². The number of allylic oxidation sites excluding steroid dienone is 16. The number of rotatable bonds is 47. The van der Waals surface area contributed by atoms with Gasteiger partial charge in [-0.1, -0.05) is 208 Å². The van der Waals surface area contributed by atoms with E-state index in [-0.39, 0.29) is 37.5 Å². The fourth-order valence-electron chi connectivity index (χ4n) is 7.10. The van der Waals surface area contributed by atoms with Crippen molar-refractivity contribution in [2.24, 2.45) is 0 Å². The second-order valence-electron chi connectivity index (χ2n) is 17.4. The lowest BCUT2D eigenvalue weighted by atomic mass is 10.1. The van der Waals surface area contributed by atoms with Gasteiger partial charge in [0.25, 0.3) is 0 Å². The number of carbonyl (C=O) groups excluding carboxylic acids is 3. The van der Waals surface area contributed by atoms with Crippen LogP contribution < -0.4 is 0 Å². The van der Waals surface area contributed by atoms with Crippen LogP contribution in [0.3, 0.4) is 0 Å². The minimum Gasteiger partial charge on any atom is -0.462 e. The van der Waals surface area contributed by atoms with E-state index in [1.54, 1.807) is 0 Å². The van der Waals surface area contributed by atoms with E-state index in [1.165, 1.54) is 83.5 Å². The average Bonchev–Trinajstić information content (AvgIpc) is 3.30. The first-order chi connectivity index (χ1) is 32.0.